The molecule has 0 aromatic heterocycles. The minimum absolute atomic E-state index is 0.0467. The summed E-state index contributed by atoms with van der Waals surface area (Å²) in [7, 11) is 1.12. The number of hydrogen-bond donors (Lipinski definition) is 0. The van der Waals surface area contributed by atoms with Gasteiger partial charge in [0.1, 0.15) is 19.8 Å². The van der Waals surface area contributed by atoms with Crippen molar-refractivity contribution in [3.63, 3.8) is 0 Å². The Kier molecular flexibility index (Phi) is 51.7. The van der Waals surface area contributed by atoms with Crippen LogP contribution in [0.2, 0.25) is 0 Å². The lowest BCUT2D eigenvalue weighted by molar-refractivity contribution is -0.870. The van der Waals surface area contributed by atoms with Crippen LogP contribution in [0.3, 0.4) is 0 Å². The van der Waals surface area contributed by atoms with Crippen LogP contribution in [0.5, 0.6) is 0 Å². The van der Waals surface area contributed by atoms with Gasteiger partial charge in [-0.25, -0.2) is 0 Å². The van der Waals surface area contributed by atoms with Crippen LogP contribution in [0.25, 0.3) is 0 Å². The lowest BCUT2D eigenvalue weighted by atomic mass is 10.1. The summed E-state index contributed by atoms with van der Waals surface area (Å²) in [5.41, 5.74) is 0. The zero-order chi connectivity index (χ0) is 54.9. The summed E-state index contributed by atoms with van der Waals surface area (Å²) in [6, 6.07) is 0. The number of hydrogen-bond acceptors (Lipinski definition) is 8. The molecule has 0 fully saturated rings. The molecule has 0 rings (SSSR count). The highest BCUT2D eigenvalue weighted by atomic mass is 31.2. The molecule has 2 atom stereocenters. The van der Waals surface area contributed by atoms with Crippen LogP contribution in [-0.4, -0.2) is 70.0 Å². The van der Waals surface area contributed by atoms with Gasteiger partial charge in [-0.3, -0.25) is 14.2 Å². The second-order valence-corrected chi connectivity index (χ2v) is 21.3. The van der Waals surface area contributed by atoms with Crippen molar-refractivity contribution in [3.8, 4) is 0 Å². The van der Waals surface area contributed by atoms with Crippen molar-refractivity contribution in [2.75, 3.05) is 47.5 Å². The maximum absolute atomic E-state index is 12.8. The van der Waals surface area contributed by atoms with Gasteiger partial charge in [-0.05, 0) is 122 Å². The molecule has 0 radical (unpaired) electrons. The van der Waals surface area contributed by atoms with Crippen molar-refractivity contribution >= 4 is 19.8 Å². The molecule has 0 saturated carbocycles. The van der Waals surface area contributed by atoms with E-state index in [2.05, 4.69) is 160 Å². The fourth-order valence-electron chi connectivity index (χ4n) is 7.12. The predicted molar refractivity (Wildman–Crippen MR) is 318 cm³/mol. The van der Waals surface area contributed by atoms with E-state index in [1.807, 2.05) is 21.1 Å². The van der Waals surface area contributed by atoms with Crippen LogP contribution in [0.4, 0.5) is 0 Å². The average Bonchev–Trinajstić information content (AvgIpc) is 3.37. The van der Waals surface area contributed by atoms with Gasteiger partial charge in [0.15, 0.2) is 6.10 Å². The fraction of sp³-hybridized carbons (Fsp3) is 0.600. The zero-order valence-electron chi connectivity index (χ0n) is 47.9. The number of nitrogens with zero attached hydrogens (tertiary/aromatic N) is 1. The normalized spacial score (nSPS) is 14.4. The Bertz CT molecular complexity index is 1770. The molecule has 10 heteroatoms. The van der Waals surface area contributed by atoms with E-state index in [1.54, 1.807) is 0 Å². The molecule has 0 bridgehead atoms. The van der Waals surface area contributed by atoms with E-state index in [1.165, 1.54) is 38.5 Å². The molecule has 0 aromatic carbocycles. The summed E-state index contributed by atoms with van der Waals surface area (Å²) < 4.78 is 34.0. The molecular weight excluding hydrogens is 954 g/mol. The number of rotatable bonds is 51. The zero-order valence-corrected chi connectivity index (χ0v) is 48.8. The van der Waals surface area contributed by atoms with Crippen LogP contribution >= 0.6 is 7.82 Å². The predicted octanol–water partition coefficient (Wildman–Crippen LogP) is 17.7. The highest BCUT2D eigenvalue weighted by Gasteiger charge is 2.21. The summed E-state index contributed by atoms with van der Waals surface area (Å²) in [6.45, 7) is 4.03. The Balaban J connectivity index is 4.25. The van der Waals surface area contributed by atoms with Gasteiger partial charge in [-0.2, -0.15) is 0 Å². The summed E-state index contributed by atoms with van der Waals surface area (Å²) in [5.74, 6) is -0.894. The SMILES string of the molecule is CC/C=C\C/C=C\C/C=C\C/C=C\C/C=C\C/C=C\C/C=C\C/C=C\C/C=C\C/C=C\C/C=C\CCCCCC(=O)OC(COC(=O)CCCCCCC/C=C\CCCCCCC)COP(=O)([O-])OCC[N+](C)(C)C. The van der Waals surface area contributed by atoms with Gasteiger partial charge in [0, 0.05) is 12.8 Å². The number of phosphoric ester groups is 1. The molecule has 0 N–H and O–H groups in total. The van der Waals surface area contributed by atoms with Crippen molar-refractivity contribution < 1.29 is 42.1 Å². The molecule has 0 amide bonds. The van der Waals surface area contributed by atoms with Crippen molar-refractivity contribution in [1.29, 1.82) is 0 Å². The van der Waals surface area contributed by atoms with Gasteiger partial charge in [-0.15, -0.1) is 0 Å². The Morgan fingerprint density at radius 3 is 1.16 bits per heavy atom. The first kappa shape index (κ1) is 70.9. The Hall–Kier alpha value is -4.11. The first-order valence-corrected chi connectivity index (χ1v) is 30.5. The second kappa shape index (κ2) is 54.7. The largest absolute Gasteiger partial charge is 0.756 e. The van der Waals surface area contributed by atoms with Gasteiger partial charge in [0.2, 0.25) is 0 Å². The summed E-state index contributed by atoms with van der Waals surface area (Å²) in [5, 5.41) is 0. The average molecular weight is 1060 g/mol. The highest BCUT2D eigenvalue weighted by Crippen LogP contribution is 2.38. The summed E-state index contributed by atoms with van der Waals surface area (Å²) >= 11 is 0. The lowest BCUT2D eigenvalue weighted by Crippen LogP contribution is -2.37. The molecule has 75 heavy (non-hydrogen) atoms. The number of allylic oxidation sites excluding steroid dienone is 24. The molecule has 0 saturated heterocycles. The molecule has 9 nitrogen and oxygen atoms in total. The van der Waals surface area contributed by atoms with E-state index in [4.69, 9.17) is 18.5 Å². The van der Waals surface area contributed by atoms with Crippen LogP contribution in [0.1, 0.15) is 200 Å². The third kappa shape index (κ3) is 59.0. The fourth-order valence-corrected chi connectivity index (χ4v) is 7.85. The molecular formula is C65H106NO8P. The first-order chi connectivity index (χ1) is 36.5. The number of carbonyl (C=O) groups excluding carboxylic acids is 2. The van der Waals surface area contributed by atoms with E-state index in [0.29, 0.717) is 23.9 Å². The molecule has 0 aliphatic carbocycles. The van der Waals surface area contributed by atoms with Crippen molar-refractivity contribution in [1.82, 2.24) is 0 Å². The van der Waals surface area contributed by atoms with Crippen molar-refractivity contribution in [3.05, 3.63) is 146 Å². The molecule has 0 heterocycles. The van der Waals surface area contributed by atoms with E-state index in [9.17, 15) is 19.0 Å². The van der Waals surface area contributed by atoms with E-state index in [0.717, 1.165) is 122 Å². The second-order valence-electron chi connectivity index (χ2n) is 19.9. The van der Waals surface area contributed by atoms with E-state index >= 15 is 0 Å². The Labute approximate surface area is 459 Å². The van der Waals surface area contributed by atoms with Crippen molar-refractivity contribution in [2.24, 2.45) is 0 Å². The number of unbranched alkanes of at least 4 members (excludes halogenated alkanes) is 13. The number of ether oxygens (including phenoxy) is 2. The monoisotopic (exact) mass is 1060 g/mol. The van der Waals surface area contributed by atoms with E-state index in [-0.39, 0.29) is 26.1 Å². The molecule has 0 aliphatic rings. The van der Waals surface area contributed by atoms with Crippen LogP contribution < -0.4 is 4.89 Å². The number of phosphoric acid groups is 1. The van der Waals surface area contributed by atoms with Gasteiger partial charge in [-0.1, -0.05) is 211 Å². The molecule has 2 unspecified atom stereocenters. The Morgan fingerprint density at radius 1 is 0.427 bits per heavy atom. The van der Waals surface area contributed by atoms with Crippen LogP contribution in [-0.2, 0) is 32.7 Å². The summed E-state index contributed by atoms with van der Waals surface area (Å²) in [6.07, 6.45) is 80.4. The smallest absolute Gasteiger partial charge is 0.306 e. The Morgan fingerprint density at radius 2 is 0.760 bits per heavy atom. The maximum Gasteiger partial charge on any atom is 0.306 e. The third-order valence-electron chi connectivity index (χ3n) is 11.6. The van der Waals surface area contributed by atoms with Gasteiger partial charge >= 0.3 is 11.9 Å². The van der Waals surface area contributed by atoms with Gasteiger partial charge in [0.05, 0.1) is 27.7 Å². The molecule has 0 spiro atoms. The van der Waals surface area contributed by atoms with Crippen molar-refractivity contribution in [2.45, 2.75) is 206 Å². The maximum atomic E-state index is 12.8. The number of likely N-dealkylation sites (N-methyl/N-ethyl adjacent to an activating group) is 1. The topological polar surface area (TPSA) is 111 Å². The van der Waals surface area contributed by atoms with Gasteiger partial charge < -0.3 is 27.9 Å². The van der Waals surface area contributed by atoms with Crippen LogP contribution in [0.15, 0.2) is 146 Å². The summed E-state index contributed by atoms with van der Waals surface area (Å²) in [4.78, 5) is 37.8. The minimum atomic E-state index is -4.65. The van der Waals surface area contributed by atoms with E-state index < -0.39 is 32.5 Å². The first-order valence-electron chi connectivity index (χ1n) is 29.0. The highest BCUT2D eigenvalue weighted by molar-refractivity contribution is 7.45. The minimum Gasteiger partial charge on any atom is -0.756 e. The van der Waals surface area contributed by atoms with Gasteiger partial charge in [0.25, 0.3) is 7.82 Å². The quantitative estimate of drug-likeness (QED) is 0.0195. The molecule has 0 aliphatic heterocycles. The third-order valence-corrected chi connectivity index (χ3v) is 12.6. The number of esters is 2. The number of quaternary nitrogens is 1. The lowest BCUT2D eigenvalue weighted by Gasteiger charge is -2.28. The molecule has 0 aromatic rings. The standard InChI is InChI=1S/C65H106NO8P/c1-6-8-10-12-14-16-18-20-22-23-24-25-26-27-28-29-30-31-32-33-34-35-36-37-38-39-40-41-42-43-44-46-48-50-52-54-56-58-65(68)74-63(62-73-75(69,70)72-60-59-66(3,4)5)61-71-64(67)57-55-53-51-49-47-45-21-19-17-15-13-11-9-7-2/h8,10,14,16,19-22,24-25,27-28,30-31,33-34,36-37,39-40,42-43,46,48,63H,6-7,9,11-13,15,17-18,23,26,29,32,35,38,41,44-45,47,49-62H2,1-5H3/b10-8-,16-14-,21-19-,22-20-,25-24-,28-27-,31-30-,34-33-,37-36-,40-39-,43-42-,48-46-. The van der Waals surface area contributed by atoms with Crippen LogP contribution in [0, 0.1) is 0 Å². The number of carbonyl (C=O) groups is 2. The molecule has 424 valence electrons.